The van der Waals surface area contributed by atoms with Crippen LogP contribution in [0.3, 0.4) is 0 Å². The minimum Gasteiger partial charge on any atom is -0.322 e. The lowest BCUT2D eigenvalue weighted by Crippen LogP contribution is -2.18. The second-order valence-electron chi connectivity index (χ2n) is 5.96. The molecule has 2 N–H and O–H groups in total. The number of benzene rings is 1. The van der Waals surface area contributed by atoms with Crippen molar-refractivity contribution in [2.75, 3.05) is 25.6 Å². The molecule has 1 aromatic carbocycles. The first-order chi connectivity index (χ1) is 14.5. The summed E-state index contributed by atoms with van der Waals surface area (Å²) in [4.78, 5) is 19.4. The Morgan fingerprint density at radius 2 is 2.00 bits per heavy atom. The topological polar surface area (TPSA) is 84.2 Å². The third kappa shape index (κ3) is 4.34. The van der Waals surface area contributed by atoms with Crippen LogP contribution in [0.2, 0.25) is 5.02 Å². The second-order valence-corrected chi connectivity index (χ2v) is 6.36. The molecule has 0 spiro atoms. The molecule has 156 valence electrons. The van der Waals surface area contributed by atoms with Gasteiger partial charge < -0.3 is 10.6 Å². The third-order valence-electron chi connectivity index (χ3n) is 3.95. The molecule has 0 bridgehead atoms. The third-order valence-corrected chi connectivity index (χ3v) is 4.22. The Morgan fingerprint density at radius 1 is 1.27 bits per heavy atom. The molecule has 0 fully saturated rings. The summed E-state index contributed by atoms with van der Waals surface area (Å²) in [6.07, 6.45) is 3.30. The average molecular weight is 437 g/mol. The molecule has 0 amide bonds. The van der Waals surface area contributed by atoms with E-state index in [2.05, 4.69) is 25.7 Å². The van der Waals surface area contributed by atoms with Crippen LogP contribution >= 0.6 is 11.6 Å². The summed E-state index contributed by atoms with van der Waals surface area (Å²) in [6.45, 7) is 0.205. The van der Waals surface area contributed by atoms with Crippen molar-refractivity contribution >= 4 is 35.4 Å². The van der Waals surface area contributed by atoms with Crippen molar-refractivity contribution in [2.45, 2.75) is 0 Å². The van der Waals surface area contributed by atoms with Gasteiger partial charge in [-0.05, 0) is 25.2 Å². The van der Waals surface area contributed by atoms with Gasteiger partial charge in [0.2, 0.25) is 0 Å². The van der Waals surface area contributed by atoms with E-state index in [0.29, 0.717) is 24.1 Å². The second kappa shape index (κ2) is 9.51. The van der Waals surface area contributed by atoms with E-state index < -0.39 is 11.6 Å². The highest BCUT2D eigenvalue weighted by molar-refractivity contribution is 6.33. The van der Waals surface area contributed by atoms with Gasteiger partial charge in [-0.15, -0.1) is 0 Å². The standard InChI is InChI=1S/C16H8ClF2N5O.C3H8FN/c17-9-6-21-24-12-4-8(7-25)5-20-14(12)22-15(23-16(9)24)13-10(18)2-1-3-11(13)19;1-5-3-2-4/h1-7H,(H,20,22,23);5H,2-3H2,1H3. The molecule has 0 atom stereocenters. The summed E-state index contributed by atoms with van der Waals surface area (Å²) in [5.74, 6) is -1.30. The summed E-state index contributed by atoms with van der Waals surface area (Å²) in [5.41, 5.74) is 0.334. The molecule has 0 saturated carbocycles. The largest absolute Gasteiger partial charge is 0.322 e. The first kappa shape index (κ1) is 21.5. The summed E-state index contributed by atoms with van der Waals surface area (Å²) in [6, 6.07) is 5.02. The van der Waals surface area contributed by atoms with Crippen LogP contribution in [0.15, 0.2) is 41.7 Å². The molecule has 3 aromatic rings. The van der Waals surface area contributed by atoms with E-state index in [4.69, 9.17) is 11.6 Å². The maximum atomic E-state index is 14.2. The summed E-state index contributed by atoms with van der Waals surface area (Å²) in [7, 11) is 1.72. The Bertz CT molecular complexity index is 1080. The highest BCUT2D eigenvalue weighted by Crippen LogP contribution is 2.34. The Labute approximate surface area is 174 Å². The zero-order chi connectivity index (χ0) is 21.7. The lowest BCUT2D eigenvalue weighted by Gasteiger charge is -2.11. The smallest absolute Gasteiger partial charge is 0.176 e. The van der Waals surface area contributed by atoms with Gasteiger partial charge in [0.25, 0.3) is 0 Å². The fourth-order valence-corrected chi connectivity index (χ4v) is 2.74. The number of aromatic nitrogens is 3. The molecular formula is C19H16ClF3N6O. The number of nitrogens with one attached hydrogen (secondary N) is 2. The number of fused-ring (bicyclic) bond motifs is 3. The van der Waals surface area contributed by atoms with Gasteiger partial charge in [-0.2, -0.15) is 5.10 Å². The van der Waals surface area contributed by atoms with E-state index >= 15 is 0 Å². The SMILES string of the molecule is CNCCF.O=Cc1cnc2c(c1)-n1ncc(Cl)c1N=C(c1c(F)cccc1F)N2. The number of amidine groups is 1. The number of hydrogen-bond donors (Lipinski definition) is 2. The van der Waals surface area contributed by atoms with E-state index in [9.17, 15) is 18.0 Å². The van der Waals surface area contributed by atoms with E-state index in [1.165, 1.54) is 29.2 Å². The van der Waals surface area contributed by atoms with Gasteiger partial charge in [-0.25, -0.2) is 27.8 Å². The Hall–Kier alpha value is -3.24. The van der Waals surface area contributed by atoms with Gasteiger partial charge >= 0.3 is 0 Å². The number of rotatable bonds is 4. The number of nitrogens with zero attached hydrogens (tertiary/aromatic N) is 4. The van der Waals surface area contributed by atoms with Gasteiger partial charge in [0.1, 0.15) is 34.9 Å². The van der Waals surface area contributed by atoms with Gasteiger partial charge in [0.15, 0.2) is 17.9 Å². The number of aliphatic imine (C=N–C) groups is 1. The van der Waals surface area contributed by atoms with Crippen molar-refractivity contribution < 1.29 is 18.0 Å². The first-order valence-corrected chi connectivity index (χ1v) is 9.07. The van der Waals surface area contributed by atoms with Gasteiger partial charge in [0, 0.05) is 18.3 Å². The van der Waals surface area contributed by atoms with Crippen molar-refractivity contribution in [2.24, 2.45) is 4.99 Å². The molecule has 0 unspecified atom stereocenters. The summed E-state index contributed by atoms with van der Waals surface area (Å²) >= 11 is 6.11. The number of anilines is 1. The normalized spacial score (nSPS) is 11.8. The van der Waals surface area contributed by atoms with Crippen molar-refractivity contribution in [3.8, 4) is 5.69 Å². The highest BCUT2D eigenvalue weighted by atomic mass is 35.5. The van der Waals surface area contributed by atoms with Crippen LogP contribution in [0, 0.1) is 11.6 Å². The maximum Gasteiger partial charge on any atom is 0.176 e. The molecule has 0 aliphatic carbocycles. The van der Waals surface area contributed by atoms with Crippen LogP contribution < -0.4 is 10.6 Å². The van der Waals surface area contributed by atoms with Crippen LogP contribution in [0.4, 0.5) is 24.8 Å². The number of alkyl halides is 1. The van der Waals surface area contributed by atoms with Crippen LogP contribution in [0.5, 0.6) is 0 Å². The summed E-state index contributed by atoms with van der Waals surface area (Å²) in [5, 5.41) is 9.72. The minimum atomic E-state index is -0.790. The molecule has 0 radical (unpaired) electrons. The maximum absolute atomic E-state index is 14.2. The molecule has 7 nitrogen and oxygen atoms in total. The van der Waals surface area contributed by atoms with E-state index in [1.807, 2.05) is 0 Å². The molecule has 1 aliphatic rings. The number of pyridine rings is 1. The molecule has 3 heterocycles. The molecule has 30 heavy (non-hydrogen) atoms. The number of hydrogen-bond acceptors (Lipinski definition) is 6. The predicted octanol–water partition coefficient (Wildman–Crippen LogP) is 3.69. The van der Waals surface area contributed by atoms with Crippen LogP contribution in [0.1, 0.15) is 15.9 Å². The number of halogens is 4. The van der Waals surface area contributed by atoms with Crippen molar-refractivity contribution in [1.82, 2.24) is 20.1 Å². The number of aldehydes is 1. The molecule has 2 aromatic heterocycles. The minimum absolute atomic E-state index is 0.107. The van der Waals surface area contributed by atoms with Gasteiger partial charge in [-0.1, -0.05) is 17.7 Å². The Morgan fingerprint density at radius 3 is 2.60 bits per heavy atom. The molecule has 0 saturated heterocycles. The van der Waals surface area contributed by atoms with E-state index in [1.54, 1.807) is 7.05 Å². The van der Waals surface area contributed by atoms with Crippen molar-refractivity contribution in [3.63, 3.8) is 0 Å². The molecular weight excluding hydrogens is 421 g/mol. The van der Waals surface area contributed by atoms with Gasteiger partial charge in [-0.3, -0.25) is 4.79 Å². The number of carbonyl (C=O) groups excluding carboxylic acids is 1. The Kier molecular flexibility index (Phi) is 6.80. The van der Waals surface area contributed by atoms with Crippen molar-refractivity contribution in [1.29, 1.82) is 0 Å². The average Bonchev–Trinajstić information content (AvgIpc) is 3.00. The predicted molar refractivity (Wildman–Crippen MR) is 108 cm³/mol. The number of carbonyl (C=O) groups is 1. The van der Waals surface area contributed by atoms with Crippen LogP contribution in [-0.2, 0) is 0 Å². The molecule has 1 aliphatic heterocycles. The van der Waals surface area contributed by atoms with Crippen molar-refractivity contribution in [3.05, 3.63) is 64.4 Å². The monoisotopic (exact) mass is 436 g/mol. The highest BCUT2D eigenvalue weighted by Gasteiger charge is 2.24. The lowest BCUT2D eigenvalue weighted by atomic mass is 10.1. The summed E-state index contributed by atoms with van der Waals surface area (Å²) < 4.78 is 40.6. The molecule has 4 rings (SSSR count). The van der Waals surface area contributed by atoms with Gasteiger partial charge in [0.05, 0.1) is 11.8 Å². The molecule has 11 heteroatoms. The Balaban J connectivity index is 0.000000461. The first-order valence-electron chi connectivity index (χ1n) is 8.70. The van der Waals surface area contributed by atoms with E-state index in [-0.39, 0.29) is 34.7 Å². The lowest BCUT2D eigenvalue weighted by molar-refractivity contribution is 0.112. The van der Waals surface area contributed by atoms with Crippen LogP contribution in [0.25, 0.3) is 5.69 Å². The van der Waals surface area contributed by atoms with E-state index in [0.717, 1.165) is 12.1 Å². The zero-order valence-corrected chi connectivity index (χ0v) is 16.4. The fourth-order valence-electron chi connectivity index (χ4n) is 2.57. The van der Waals surface area contributed by atoms with Crippen LogP contribution in [-0.4, -0.2) is 47.2 Å². The zero-order valence-electron chi connectivity index (χ0n) is 15.7. The quantitative estimate of drug-likeness (QED) is 0.609. The fraction of sp³-hybridized carbons (Fsp3) is 0.158.